The van der Waals surface area contributed by atoms with Crippen LogP contribution in [0.25, 0.3) is 0 Å². The van der Waals surface area contributed by atoms with E-state index in [1.165, 1.54) is 37.4 Å². The number of amides is 1. The Morgan fingerprint density at radius 3 is 2.69 bits per heavy atom. The van der Waals surface area contributed by atoms with Gasteiger partial charge in [-0.15, -0.1) is 0 Å². The van der Waals surface area contributed by atoms with Gasteiger partial charge in [-0.1, -0.05) is 11.6 Å². The van der Waals surface area contributed by atoms with E-state index in [-0.39, 0.29) is 33.9 Å². The Morgan fingerprint density at radius 2 is 1.97 bits per heavy atom. The van der Waals surface area contributed by atoms with E-state index in [2.05, 4.69) is 5.32 Å². The van der Waals surface area contributed by atoms with Crippen LogP contribution in [0.5, 0.6) is 17.2 Å². The number of hydrogen-bond acceptors (Lipinski definition) is 7. The van der Waals surface area contributed by atoms with Crippen LogP contribution in [0.4, 0.5) is 5.69 Å². The molecule has 10 heteroatoms. The summed E-state index contributed by atoms with van der Waals surface area (Å²) in [4.78, 5) is 23.1. The van der Waals surface area contributed by atoms with Gasteiger partial charge in [0.25, 0.3) is 5.91 Å². The molecule has 0 atom stereocenters. The van der Waals surface area contributed by atoms with E-state index in [1.54, 1.807) is 18.4 Å². The second kappa shape index (κ2) is 11.2. The predicted molar refractivity (Wildman–Crippen MR) is 116 cm³/mol. The third-order valence-corrected chi connectivity index (χ3v) is 4.57. The Balaban J connectivity index is 1.56. The molecule has 1 N–H and O–H groups in total. The molecule has 0 saturated heterocycles. The molecule has 32 heavy (non-hydrogen) atoms. The molecule has 0 aliphatic heterocycles. The maximum Gasteiger partial charge on any atom is 0.313 e. The second-order valence-corrected chi connectivity index (χ2v) is 7.01. The zero-order valence-corrected chi connectivity index (χ0v) is 18.0. The summed E-state index contributed by atoms with van der Waals surface area (Å²) >= 11 is 5.83. The summed E-state index contributed by atoms with van der Waals surface area (Å²) in [5.74, 6) is 0.930. The molecule has 0 aliphatic rings. The molecular formula is C22H21ClN2O7. The number of carbonyl (C=O) groups excluding carboxylic acids is 1. The van der Waals surface area contributed by atoms with Gasteiger partial charge < -0.3 is 23.9 Å². The van der Waals surface area contributed by atoms with E-state index in [9.17, 15) is 14.9 Å². The maximum atomic E-state index is 12.4. The van der Waals surface area contributed by atoms with Crippen molar-refractivity contribution in [2.75, 3.05) is 20.3 Å². The molecule has 0 spiro atoms. The van der Waals surface area contributed by atoms with Crippen molar-refractivity contribution in [3.05, 3.63) is 81.3 Å². The molecule has 1 heterocycles. The van der Waals surface area contributed by atoms with Gasteiger partial charge >= 0.3 is 5.69 Å². The average molecular weight is 461 g/mol. The van der Waals surface area contributed by atoms with Crippen molar-refractivity contribution >= 4 is 23.2 Å². The van der Waals surface area contributed by atoms with Crippen LogP contribution in [-0.4, -0.2) is 31.1 Å². The predicted octanol–water partition coefficient (Wildman–Crippen LogP) is 4.98. The monoisotopic (exact) mass is 460 g/mol. The quantitative estimate of drug-likeness (QED) is 0.244. The number of ether oxygens (including phenoxy) is 3. The molecule has 168 valence electrons. The Labute approximate surface area is 189 Å². The van der Waals surface area contributed by atoms with Crippen molar-refractivity contribution in [1.29, 1.82) is 0 Å². The summed E-state index contributed by atoms with van der Waals surface area (Å²) in [7, 11) is 1.41. The molecule has 3 rings (SSSR count). The molecule has 0 fully saturated rings. The van der Waals surface area contributed by atoms with Crippen molar-refractivity contribution in [1.82, 2.24) is 5.32 Å². The van der Waals surface area contributed by atoms with Gasteiger partial charge in [-0.3, -0.25) is 14.9 Å². The third kappa shape index (κ3) is 6.22. The molecular weight excluding hydrogens is 440 g/mol. The van der Waals surface area contributed by atoms with Gasteiger partial charge in [-0.25, -0.2) is 0 Å². The van der Waals surface area contributed by atoms with Crippen LogP contribution in [-0.2, 0) is 11.3 Å². The highest BCUT2D eigenvalue weighted by Crippen LogP contribution is 2.37. The fraction of sp³-hybridized carbons (Fsp3) is 0.227. The van der Waals surface area contributed by atoms with Gasteiger partial charge in [-0.05, 0) is 48.9 Å². The summed E-state index contributed by atoms with van der Waals surface area (Å²) in [5, 5.41) is 14.3. The minimum Gasteiger partial charge on any atom is -0.493 e. The number of nitro benzene ring substituents is 1. The van der Waals surface area contributed by atoms with Crippen molar-refractivity contribution in [2.45, 2.75) is 13.0 Å². The highest BCUT2D eigenvalue weighted by molar-refractivity contribution is 6.30. The van der Waals surface area contributed by atoms with E-state index in [0.29, 0.717) is 31.7 Å². The van der Waals surface area contributed by atoms with Gasteiger partial charge in [0.1, 0.15) is 12.4 Å². The van der Waals surface area contributed by atoms with Crippen molar-refractivity contribution in [3.8, 4) is 17.2 Å². The van der Waals surface area contributed by atoms with E-state index in [1.807, 2.05) is 6.07 Å². The van der Waals surface area contributed by atoms with Crippen LogP contribution in [0.15, 0.2) is 59.2 Å². The first-order chi connectivity index (χ1) is 15.5. The molecule has 3 aromatic rings. The number of benzene rings is 2. The van der Waals surface area contributed by atoms with E-state index in [4.69, 9.17) is 30.2 Å². The largest absolute Gasteiger partial charge is 0.493 e. The van der Waals surface area contributed by atoms with Crippen LogP contribution in [0.2, 0.25) is 5.02 Å². The molecule has 1 aromatic heterocycles. The number of nitro groups is 1. The summed E-state index contributed by atoms with van der Waals surface area (Å²) in [6, 6.07) is 12.3. The molecule has 0 unspecified atom stereocenters. The standard InChI is InChI=1S/C22H21ClN2O7/c1-29-21-12-15(22(26)24-9-3-10-30-14-17-4-2-11-31-17)5-7-20(21)32-19-8-6-16(23)13-18(19)25(27)28/h2,4-8,11-13H,3,9-10,14H2,1H3,(H,24,26). The molecule has 0 saturated carbocycles. The Kier molecular flexibility index (Phi) is 8.07. The highest BCUT2D eigenvalue weighted by atomic mass is 35.5. The molecule has 1 amide bonds. The summed E-state index contributed by atoms with van der Waals surface area (Å²) in [6.45, 7) is 1.27. The molecule has 0 aliphatic carbocycles. The SMILES string of the molecule is COc1cc(C(=O)NCCCOCc2ccco2)ccc1Oc1ccc(Cl)cc1[N+](=O)[O-]. The van der Waals surface area contributed by atoms with Crippen molar-refractivity contribution in [2.24, 2.45) is 0 Å². The Hall–Kier alpha value is -3.56. The van der Waals surface area contributed by atoms with E-state index in [0.717, 1.165) is 5.76 Å². The summed E-state index contributed by atoms with van der Waals surface area (Å²) in [6.07, 6.45) is 2.21. The fourth-order valence-corrected chi connectivity index (χ4v) is 2.94. The molecule has 0 radical (unpaired) electrons. The number of nitrogens with zero attached hydrogens (tertiary/aromatic N) is 1. The van der Waals surface area contributed by atoms with Crippen LogP contribution in [0.1, 0.15) is 22.5 Å². The second-order valence-electron chi connectivity index (χ2n) is 6.58. The number of halogens is 1. The van der Waals surface area contributed by atoms with E-state index < -0.39 is 4.92 Å². The Bertz CT molecular complexity index is 1070. The van der Waals surface area contributed by atoms with Gasteiger partial charge in [-0.2, -0.15) is 0 Å². The fourth-order valence-electron chi connectivity index (χ4n) is 2.78. The lowest BCUT2D eigenvalue weighted by atomic mass is 10.2. The van der Waals surface area contributed by atoms with E-state index >= 15 is 0 Å². The lowest BCUT2D eigenvalue weighted by Gasteiger charge is -2.12. The van der Waals surface area contributed by atoms with Crippen molar-refractivity contribution in [3.63, 3.8) is 0 Å². The van der Waals surface area contributed by atoms with Crippen LogP contribution in [0, 0.1) is 10.1 Å². The topological polar surface area (TPSA) is 113 Å². The van der Waals surface area contributed by atoms with Gasteiger partial charge in [0.05, 0.1) is 18.3 Å². The molecule has 0 bridgehead atoms. The first-order valence-electron chi connectivity index (χ1n) is 9.66. The Morgan fingerprint density at radius 1 is 1.16 bits per heavy atom. The lowest BCUT2D eigenvalue weighted by Crippen LogP contribution is -2.25. The number of methoxy groups -OCH3 is 1. The first-order valence-corrected chi connectivity index (χ1v) is 10.0. The summed E-state index contributed by atoms with van der Waals surface area (Å²) in [5.41, 5.74) is 0.0759. The average Bonchev–Trinajstić information content (AvgIpc) is 3.30. The number of furan rings is 1. The first kappa shape index (κ1) is 23.1. The number of carbonyl (C=O) groups is 1. The van der Waals surface area contributed by atoms with Crippen LogP contribution >= 0.6 is 11.6 Å². The smallest absolute Gasteiger partial charge is 0.313 e. The number of hydrogen-bond donors (Lipinski definition) is 1. The number of rotatable bonds is 11. The molecule has 9 nitrogen and oxygen atoms in total. The minimum atomic E-state index is -0.589. The van der Waals surface area contributed by atoms with Gasteiger partial charge in [0, 0.05) is 29.8 Å². The van der Waals surface area contributed by atoms with Crippen LogP contribution in [0.3, 0.4) is 0 Å². The normalized spacial score (nSPS) is 10.6. The van der Waals surface area contributed by atoms with Gasteiger partial charge in [0.15, 0.2) is 11.5 Å². The lowest BCUT2D eigenvalue weighted by molar-refractivity contribution is -0.385. The third-order valence-electron chi connectivity index (χ3n) is 4.34. The van der Waals surface area contributed by atoms with Crippen LogP contribution < -0.4 is 14.8 Å². The minimum absolute atomic E-state index is 0.00412. The van der Waals surface area contributed by atoms with Gasteiger partial charge in [0.2, 0.25) is 5.75 Å². The zero-order valence-electron chi connectivity index (χ0n) is 17.2. The number of nitrogens with one attached hydrogen (secondary N) is 1. The maximum absolute atomic E-state index is 12.4. The molecule has 2 aromatic carbocycles. The summed E-state index contributed by atoms with van der Waals surface area (Å²) < 4.78 is 21.6. The highest BCUT2D eigenvalue weighted by Gasteiger charge is 2.19. The zero-order chi connectivity index (χ0) is 22.9. The van der Waals surface area contributed by atoms with Crippen molar-refractivity contribution < 1.29 is 28.3 Å².